The van der Waals surface area contributed by atoms with Crippen LogP contribution in [0.15, 0.2) is 29.2 Å². The number of benzene rings is 1. The molecule has 0 aliphatic carbocycles. The second-order valence-corrected chi connectivity index (χ2v) is 7.49. The van der Waals surface area contributed by atoms with Crippen molar-refractivity contribution in [3.8, 4) is 0 Å². The third-order valence-corrected chi connectivity index (χ3v) is 7.37. The van der Waals surface area contributed by atoms with Crippen molar-refractivity contribution in [1.29, 1.82) is 0 Å². The van der Waals surface area contributed by atoms with Gasteiger partial charge in [-0.3, -0.25) is 0 Å². The predicted octanol–water partition coefficient (Wildman–Crippen LogP) is 3.23. The van der Waals surface area contributed by atoms with Gasteiger partial charge in [-0.05, 0) is 24.3 Å². The van der Waals surface area contributed by atoms with Crippen LogP contribution in [0.5, 0.6) is 0 Å². The Labute approximate surface area is 105 Å². The highest BCUT2D eigenvalue weighted by Gasteiger charge is 2.23. The van der Waals surface area contributed by atoms with E-state index >= 15 is 0 Å². The largest absolute Gasteiger partial charge is 0.222 e. The lowest BCUT2D eigenvalue weighted by Gasteiger charge is -2.07. The van der Waals surface area contributed by atoms with Gasteiger partial charge in [0.2, 0.25) is 0 Å². The number of sulfone groups is 1. The minimum Gasteiger partial charge on any atom is -0.222 e. The summed E-state index contributed by atoms with van der Waals surface area (Å²) < 4.78 is 22.9. The summed E-state index contributed by atoms with van der Waals surface area (Å²) in [6.45, 7) is 0. The van der Waals surface area contributed by atoms with E-state index in [1.807, 2.05) is 0 Å². The van der Waals surface area contributed by atoms with Gasteiger partial charge in [0.25, 0.3) is 0 Å². The lowest BCUT2D eigenvalue weighted by atomic mass is 10.4. The Balaban J connectivity index is 3.11. The summed E-state index contributed by atoms with van der Waals surface area (Å²) in [6.07, 6.45) is 0. The Morgan fingerprint density at radius 2 is 1.79 bits per heavy atom. The van der Waals surface area contributed by atoms with Gasteiger partial charge in [-0.2, -0.15) is 0 Å². The molecule has 0 aliphatic rings. The average Bonchev–Trinajstić information content (AvgIpc) is 2.17. The number of alkyl halides is 2. The molecule has 6 heteroatoms. The molecule has 1 aromatic carbocycles. The third-order valence-electron chi connectivity index (χ3n) is 1.60. The van der Waals surface area contributed by atoms with Gasteiger partial charge in [0.05, 0.1) is 4.90 Å². The van der Waals surface area contributed by atoms with Crippen LogP contribution in [0.4, 0.5) is 0 Å². The van der Waals surface area contributed by atoms with Crippen LogP contribution in [0.1, 0.15) is 0 Å². The summed E-state index contributed by atoms with van der Waals surface area (Å²) in [7, 11) is -3.29. The Kier molecular flexibility index (Phi) is 4.43. The predicted molar refractivity (Wildman–Crippen MR) is 65.1 cm³/mol. The Morgan fingerprint density at radius 1 is 1.29 bits per heavy atom. The molecule has 14 heavy (non-hydrogen) atoms. The average molecular weight is 362 g/mol. The van der Waals surface area contributed by atoms with Gasteiger partial charge in [0.15, 0.2) is 9.84 Å². The van der Waals surface area contributed by atoms with E-state index in [1.165, 1.54) is 12.1 Å². The topological polar surface area (TPSA) is 34.1 Å². The molecule has 0 aliphatic heterocycles. The maximum Gasteiger partial charge on any atom is 0.191 e. The van der Waals surface area contributed by atoms with Crippen LogP contribution >= 0.6 is 43.5 Å². The molecule has 0 radical (unpaired) electrons. The summed E-state index contributed by atoms with van der Waals surface area (Å²) in [4.78, 5) is 0.267. The summed E-state index contributed by atoms with van der Waals surface area (Å²) >= 11 is 11.9. The normalized spacial score (nSPS) is 13.9. The molecule has 1 rings (SSSR count). The number of rotatable bonds is 3. The van der Waals surface area contributed by atoms with Crippen molar-refractivity contribution in [2.45, 2.75) is 9.05 Å². The number of hydrogen-bond donors (Lipinski definition) is 0. The van der Waals surface area contributed by atoms with E-state index in [1.54, 1.807) is 12.1 Å². The molecule has 78 valence electrons. The molecule has 1 unspecified atom stereocenters. The highest BCUT2D eigenvalue weighted by Crippen LogP contribution is 2.23. The van der Waals surface area contributed by atoms with E-state index in [4.69, 9.17) is 11.6 Å². The second-order valence-electron chi connectivity index (χ2n) is 2.56. The van der Waals surface area contributed by atoms with E-state index in [-0.39, 0.29) is 4.90 Å². The molecule has 0 saturated carbocycles. The maximum absolute atomic E-state index is 11.8. The van der Waals surface area contributed by atoms with E-state index in [0.29, 0.717) is 10.4 Å². The van der Waals surface area contributed by atoms with Gasteiger partial charge in [0, 0.05) is 10.4 Å². The maximum atomic E-state index is 11.8. The van der Waals surface area contributed by atoms with E-state index in [9.17, 15) is 8.42 Å². The molecular weight excluding hydrogens is 355 g/mol. The smallest absolute Gasteiger partial charge is 0.191 e. The minimum absolute atomic E-state index is 0.267. The van der Waals surface area contributed by atoms with Crippen LogP contribution in [-0.4, -0.2) is 17.9 Å². The van der Waals surface area contributed by atoms with Crippen molar-refractivity contribution in [2.75, 3.05) is 5.33 Å². The summed E-state index contributed by atoms with van der Waals surface area (Å²) in [6, 6.07) is 6.11. The summed E-state index contributed by atoms with van der Waals surface area (Å²) in [5.74, 6) is 0. The van der Waals surface area contributed by atoms with Gasteiger partial charge in [-0.1, -0.05) is 43.5 Å². The van der Waals surface area contributed by atoms with Crippen molar-refractivity contribution in [2.24, 2.45) is 0 Å². The van der Waals surface area contributed by atoms with E-state index in [2.05, 4.69) is 31.9 Å². The Bertz CT molecular complexity index is 402. The standard InChI is InChI=1S/C8H7Br2ClO2S/c9-5-8(10)14(12,13)7-3-1-6(11)2-4-7/h1-4,8H,5H2. The molecule has 0 fully saturated rings. The first-order valence-electron chi connectivity index (χ1n) is 3.68. The molecular formula is C8H7Br2ClO2S. The molecule has 1 aromatic rings. The third kappa shape index (κ3) is 2.72. The van der Waals surface area contributed by atoms with Gasteiger partial charge < -0.3 is 0 Å². The van der Waals surface area contributed by atoms with Gasteiger partial charge in [-0.25, -0.2) is 8.42 Å². The van der Waals surface area contributed by atoms with Crippen molar-refractivity contribution >= 4 is 53.3 Å². The van der Waals surface area contributed by atoms with Crippen molar-refractivity contribution in [3.63, 3.8) is 0 Å². The molecule has 0 spiro atoms. The Morgan fingerprint density at radius 3 is 2.21 bits per heavy atom. The lowest BCUT2D eigenvalue weighted by molar-refractivity contribution is 0.596. The van der Waals surface area contributed by atoms with E-state index < -0.39 is 14.0 Å². The highest BCUT2D eigenvalue weighted by molar-refractivity contribution is 9.13. The van der Waals surface area contributed by atoms with Crippen molar-refractivity contribution < 1.29 is 8.42 Å². The second kappa shape index (κ2) is 4.96. The zero-order valence-electron chi connectivity index (χ0n) is 6.95. The van der Waals surface area contributed by atoms with Crippen LogP contribution < -0.4 is 0 Å². The first-order chi connectivity index (χ1) is 6.48. The SMILES string of the molecule is O=S(=O)(c1ccc(Cl)cc1)C(Br)CBr. The molecule has 0 aromatic heterocycles. The van der Waals surface area contributed by atoms with Crippen LogP contribution in [0.2, 0.25) is 5.02 Å². The van der Waals surface area contributed by atoms with Gasteiger partial charge in [-0.15, -0.1) is 0 Å². The molecule has 1 atom stereocenters. The fourth-order valence-electron chi connectivity index (χ4n) is 0.855. The van der Waals surface area contributed by atoms with Crippen LogP contribution in [0.25, 0.3) is 0 Å². The quantitative estimate of drug-likeness (QED) is 0.774. The minimum atomic E-state index is -3.29. The molecule has 2 nitrogen and oxygen atoms in total. The van der Waals surface area contributed by atoms with Crippen LogP contribution in [0, 0.1) is 0 Å². The van der Waals surface area contributed by atoms with Gasteiger partial charge in [0.1, 0.15) is 4.16 Å². The lowest BCUT2D eigenvalue weighted by Crippen LogP contribution is -2.16. The number of halogens is 3. The first-order valence-corrected chi connectivity index (χ1v) is 7.64. The summed E-state index contributed by atoms with van der Waals surface area (Å²) in [5.41, 5.74) is 0. The molecule has 0 N–H and O–H groups in total. The molecule has 0 amide bonds. The summed E-state index contributed by atoms with van der Waals surface area (Å²) in [5, 5.41) is 0.867. The Hall–Kier alpha value is 0.420. The highest BCUT2D eigenvalue weighted by atomic mass is 79.9. The van der Waals surface area contributed by atoms with Crippen LogP contribution in [0.3, 0.4) is 0 Å². The van der Waals surface area contributed by atoms with E-state index in [0.717, 1.165) is 0 Å². The van der Waals surface area contributed by atoms with Crippen LogP contribution in [-0.2, 0) is 9.84 Å². The molecule has 0 heterocycles. The zero-order chi connectivity index (χ0) is 10.8. The monoisotopic (exact) mass is 360 g/mol. The molecule has 0 bridgehead atoms. The molecule has 0 saturated heterocycles. The fourth-order valence-corrected chi connectivity index (χ4v) is 3.65. The van der Waals surface area contributed by atoms with Crippen molar-refractivity contribution in [3.05, 3.63) is 29.3 Å². The fraction of sp³-hybridized carbons (Fsp3) is 0.250. The zero-order valence-corrected chi connectivity index (χ0v) is 11.7. The van der Waals surface area contributed by atoms with Gasteiger partial charge >= 0.3 is 0 Å². The first kappa shape index (κ1) is 12.5. The number of hydrogen-bond acceptors (Lipinski definition) is 2. The van der Waals surface area contributed by atoms with Crippen molar-refractivity contribution in [1.82, 2.24) is 0 Å².